The Morgan fingerprint density at radius 2 is 2.16 bits per heavy atom. The number of rotatable bonds is 7. The van der Waals surface area contributed by atoms with E-state index < -0.39 is 0 Å². The van der Waals surface area contributed by atoms with Crippen molar-refractivity contribution in [3.05, 3.63) is 33.3 Å². The van der Waals surface area contributed by atoms with E-state index in [1.165, 1.54) is 24.8 Å². The first-order chi connectivity index (χ1) is 9.11. The van der Waals surface area contributed by atoms with Gasteiger partial charge in [-0.3, -0.25) is 0 Å². The van der Waals surface area contributed by atoms with Crippen LogP contribution in [0.25, 0.3) is 0 Å². The molecule has 0 saturated heterocycles. The van der Waals surface area contributed by atoms with Gasteiger partial charge in [-0.2, -0.15) is 0 Å². The van der Waals surface area contributed by atoms with Crippen molar-refractivity contribution >= 4 is 27.5 Å². The predicted molar refractivity (Wildman–Crippen MR) is 86.8 cm³/mol. The lowest BCUT2D eigenvalue weighted by molar-refractivity contribution is 0.339. The summed E-state index contributed by atoms with van der Waals surface area (Å²) >= 11 is 9.82. The average molecular weight is 345 g/mol. The fraction of sp³-hybridized carbons (Fsp3) is 0.625. The molecule has 0 spiro atoms. The number of benzene rings is 1. The molecule has 2 atom stereocenters. The average Bonchev–Trinajstić information content (AvgIpc) is 3.20. The van der Waals surface area contributed by atoms with Gasteiger partial charge >= 0.3 is 0 Å². The minimum atomic E-state index is 0.547. The summed E-state index contributed by atoms with van der Waals surface area (Å²) in [6, 6.07) is 6.77. The molecule has 1 fully saturated rings. The minimum absolute atomic E-state index is 0.547. The third kappa shape index (κ3) is 4.47. The van der Waals surface area contributed by atoms with E-state index in [0.717, 1.165) is 34.3 Å². The van der Waals surface area contributed by atoms with Crippen molar-refractivity contribution in [2.45, 2.75) is 45.6 Å². The third-order valence-corrected chi connectivity index (χ3v) is 4.96. The minimum Gasteiger partial charge on any atom is -0.313 e. The lowest BCUT2D eigenvalue weighted by Crippen LogP contribution is -2.38. The highest BCUT2D eigenvalue weighted by Crippen LogP contribution is 2.39. The number of nitrogens with one attached hydrogen (secondary N) is 1. The molecule has 19 heavy (non-hydrogen) atoms. The van der Waals surface area contributed by atoms with Crippen molar-refractivity contribution in [1.29, 1.82) is 0 Å². The number of hydrogen-bond acceptors (Lipinski definition) is 1. The van der Waals surface area contributed by atoms with Crippen LogP contribution in [-0.2, 0) is 6.42 Å². The van der Waals surface area contributed by atoms with Crippen LogP contribution in [0, 0.1) is 11.8 Å². The summed E-state index contributed by atoms with van der Waals surface area (Å²) in [6.45, 7) is 5.70. The molecule has 1 saturated carbocycles. The Bertz CT molecular complexity index is 417. The Labute approximate surface area is 130 Å². The molecule has 0 amide bonds. The first-order valence-electron chi connectivity index (χ1n) is 7.29. The van der Waals surface area contributed by atoms with Crippen molar-refractivity contribution in [3.63, 3.8) is 0 Å². The molecule has 1 aromatic rings. The fourth-order valence-corrected chi connectivity index (χ4v) is 3.40. The van der Waals surface area contributed by atoms with E-state index >= 15 is 0 Å². The van der Waals surface area contributed by atoms with E-state index in [-0.39, 0.29) is 0 Å². The zero-order chi connectivity index (χ0) is 13.8. The highest BCUT2D eigenvalue weighted by Gasteiger charge is 2.33. The Morgan fingerprint density at radius 3 is 2.74 bits per heavy atom. The number of hydrogen-bond donors (Lipinski definition) is 1. The van der Waals surface area contributed by atoms with Gasteiger partial charge < -0.3 is 5.32 Å². The Kier molecular flexibility index (Phi) is 5.73. The third-order valence-electron chi connectivity index (χ3n) is 4.11. The molecule has 0 heterocycles. The SMILES string of the molecule is CCCNC(Cc1ccc(Br)cc1Cl)C(C)C1CC1. The first-order valence-corrected chi connectivity index (χ1v) is 8.46. The van der Waals surface area contributed by atoms with E-state index in [2.05, 4.69) is 47.2 Å². The molecular formula is C16H23BrClN. The maximum absolute atomic E-state index is 6.35. The zero-order valence-electron chi connectivity index (χ0n) is 11.8. The van der Waals surface area contributed by atoms with Gasteiger partial charge in [0, 0.05) is 15.5 Å². The fourth-order valence-electron chi connectivity index (χ4n) is 2.65. The molecule has 0 radical (unpaired) electrons. The molecule has 0 aliphatic heterocycles. The Hall–Kier alpha value is -0.0500. The molecule has 1 nitrogen and oxygen atoms in total. The lowest BCUT2D eigenvalue weighted by Gasteiger charge is -2.26. The van der Waals surface area contributed by atoms with Crippen molar-refractivity contribution in [2.24, 2.45) is 11.8 Å². The van der Waals surface area contributed by atoms with Crippen molar-refractivity contribution in [1.82, 2.24) is 5.32 Å². The summed E-state index contributed by atoms with van der Waals surface area (Å²) < 4.78 is 1.05. The van der Waals surface area contributed by atoms with Crippen LogP contribution in [0.15, 0.2) is 22.7 Å². The van der Waals surface area contributed by atoms with E-state index in [4.69, 9.17) is 11.6 Å². The van der Waals surface area contributed by atoms with E-state index in [1.807, 2.05) is 6.07 Å². The Morgan fingerprint density at radius 1 is 1.42 bits per heavy atom. The summed E-state index contributed by atoms with van der Waals surface area (Å²) in [4.78, 5) is 0. The van der Waals surface area contributed by atoms with Gasteiger partial charge in [0.2, 0.25) is 0 Å². The summed E-state index contributed by atoms with van der Waals surface area (Å²) in [5.74, 6) is 1.66. The van der Waals surface area contributed by atoms with Gasteiger partial charge in [-0.1, -0.05) is 47.4 Å². The highest BCUT2D eigenvalue weighted by atomic mass is 79.9. The smallest absolute Gasteiger partial charge is 0.0449 e. The van der Waals surface area contributed by atoms with Crippen LogP contribution >= 0.6 is 27.5 Å². The van der Waals surface area contributed by atoms with Crippen LogP contribution in [0.3, 0.4) is 0 Å². The topological polar surface area (TPSA) is 12.0 Å². The molecule has 1 aromatic carbocycles. The second-order valence-corrected chi connectivity index (χ2v) is 7.02. The van der Waals surface area contributed by atoms with Crippen LogP contribution < -0.4 is 5.32 Å². The van der Waals surface area contributed by atoms with Gasteiger partial charge in [-0.15, -0.1) is 0 Å². The first kappa shape index (κ1) is 15.3. The molecular weight excluding hydrogens is 322 g/mol. The molecule has 2 rings (SSSR count). The van der Waals surface area contributed by atoms with Crippen LogP contribution in [0.2, 0.25) is 5.02 Å². The summed E-state index contributed by atoms with van der Waals surface area (Å²) in [5.41, 5.74) is 1.26. The van der Waals surface area contributed by atoms with Crippen LogP contribution in [0.5, 0.6) is 0 Å². The largest absolute Gasteiger partial charge is 0.313 e. The van der Waals surface area contributed by atoms with Crippen molar-refractivity contribution in [3.8, 4) is 0 Å². The maximum Gasteiger partial charge on any atom is 0.0449 e. The van der Waals surface area contributed by atoms with E-state index in [0.29, 0.717) is 6.04 Å². The van der Waals surface area contributed by atoms with Gasteiger partial charge in [0.05, 0.1) is 0 Å². The zero-order valence-corrected chi connectivity index (χ0v) is 14.1. The van der Waals surface area contributed by atoms with Crippen LogP contribution in [-0.4, -0.2) is 12.6 Å². The molecule has 2 unspecified atom stereocenters. The van der Waals surface area contributed by atoms with Gasteiger partial charge in [0.15, 0.2) is 0 Å². The normalized spacial score (nSPS) is 18.3. The van der Waals surface area contributed by atoms with Gasteiger partial charge in [-0.05, 0) is 61.8 Å². The lowest BCUT2D eigenvalue weighted by atomic mass is 9.91. The summed E-state index contributed by atoms with van der Waals surface area (Å²) in [5, 5.41) is 4.59. The predicted octanol–water partition coefficient (Wildman–Crippen LogP) is 5.06. The molecule has 106 valence electrons. The molecule has 3 heteroatoms. The monoisotopic (exact) mass is 343 g/mol. The maximum atomic E-state index is 6.35. The molecule has 0 aromatic heterocycles. The van der Waals surface area contributed by atoms with E-state index in [1.54, 1.807) is 0 Å². The van der Waals surface area contributed by atoms with Crippen LogP contribution in [0.1, 0.15) is 38.7 Å². The van der Waals surface area contributed by atoms with Gasteiger partial charge in [0.1, 0.15) is 0 Å². The standard InChI is InChI=1S/C16H23BrClN/c1-3-8-19-16(11(2)12-4-5-12)9-13-6-7-14(17)10-15(13)18/h6-7,10-12,16,19H,3-5,8-9H2,1-2H3. The molecule has 1 aliphatic rings. The van der Waals surface area contributed by atoms with Gasteiger partial charge in [0.25, 0.3) is 0 Å². The number of halogens is 2. The molecule has 0 bridgehead atoms. The Balaban J connectivity index is 2.05. The van der Waals surface area contributed by atoms with Gasteiger partial charge in [-0.25, -0.2) is 0 Å². The molecule has 1 N–H and O–H groups in total. The summed E-state index contributed by atoms with van der Waals surface area (Å²) in [7, 11) is 0. The van der Waals surface area contributed by atoms with Crippen molar-refractivity contribution in [2.75, 3.05) is 6.54 Å². The van der Waals surface area contributed by atoms with E-state index in [9.17, 15) is 0 Å². The highest BCUT2D eigenvalue weighted by molar-refractivity contribution is 9.10. The van der Waals surface area contributed by atoms with Crippen LogP contribution in [0.4, 0.5) is 0 Å². The second-order valence-electron chi connectivity index (χ2n) is 5.70. The van der Waals surface area contributed by atoms with Crippen molar-refractivity contribution < 1.29 is 0 Å². The second kappa shape index (κ2) is 7.10. The summed E-state index contributed by atoms with van der Waals surface area (Å²) in [6.07, 6.45) is 5.02. The quantitative estimate of drug-likeness (QED) is 0.729. The molecule has 1 aliphatic carbocycles.